The lowest BCUT2D eigenvalue weighted by molar-refractivity contribution is -0.142. The van der Waals surface area contributed by atoms with Crippen molar-refractivity contribution in [2.24, 2.45) is 61.6 Å². The van der Waals surface area contributed by atoms with Crippen LogP contribution in [0.1, 0.15) is 89.9 Å². The average Bonchev–Trinajstić information content (AvgIpc) is 3.16. The quantitative estimate of drug-likeness (QED) is 0.0166. The first-order chi connectivity index (χ1) is 27.8. The summed E-state index contributed by atoms with van der Waals surface area (Å²) in [7, 11) is 0. The third-order valence-electron chi connectivity index (χ3n) is 8.65. The smallest absolute Gasteiger partial charge is 0.326 e. The number of hydrogen-bond donors (Lipinski definition) is 15. The molecular formula is C34H66N16O9. The molecule has 0 radical (unpaired) electrons. The van der Waals surface area contributed by atoms with Crippen LogP contribution in [0.2, 0.25) is 0 Å². The fourth-order valence-corrected chi connectivity index (χ4v) is 5.41. The molecule has 0 heterocycles. The standard InChI is InChI=1S/C34H66N16O9/c35-15-3-1-7-20(47-29(55)21(9-5-17-44-33(40)41)46-27(53)19(37)11-13-25(38)51)28(54)48-22(10-6-18-45-34(42)43)30(56)49-23(12-14-26(39)52)31(57)50-24(32(58)59)8-2-4-16-36/h19-24H,1-18,35-37H2,(H2,38,51)(H2,39,52)(H,46,53)(H,47,55)(H,48,54)(H,49,56)(H,50,57)(H,58,59)(H4,40,41,44)(H4,42,43,45). The van der Waals surface area contributed by atoms with Gasteiger partial charge in [-0.25, -0.2) is 4.79 Å². The fraction of sp³-hybridized carbons (Fsp3) is 0.706. The number of rotatable bonds is 33. The van der Waals surface area contributed by atoms with Crippen LogP contribution in [-0.2, 0) is 38.4 Å². The van der Waals surface area contributed by atoms with Crippen molar-refractivity contribution in [1.82, 2.24) is 26.6 Å². The Hall–Kier alpha value is -5.82. The molecule has 0 aliphatic rings. The van der Waals surface area contributed by atoms with E-state index in [-0.39, 0.29) is 95.8 Å². The molecule has 59 heavy (non-hydrogen) atoms. The molecule has 0 aliphatic heterocycles. The van der Waals surface area contributed by atoms with Crippen molar-refractivity contribution in [3.05, 3.63) is 0 Å². The number of unbranched alkanes of at least 4 members (excludes halogenated alkanes) is 2. The molecule has 0 aromatic rings. The predicted octanol–water partition coefficient (Wildman–Crippen LogP) is -6.28. The zero-order valence-corrected chi connectivity index (χ0v) is 33.5. The highest BCUT2D eigenvalue weighted by atomic mass is 16.4. The molecule has 0 fully saturated rings. The molecule has 0 aromatic carbocycles. The Morgan fingerprint density at radius 2 is 0.763 bits per heavy atom. The fourth-order valence-electron chi connectivity index (χ4n) is 5.41. The van der Waals surface area contributed by atoms with Crippen molar-refractivity contribution < 1.29 is 43.5 Å². The van der Waals surface area contributed by atoms with E-state index in [1.54, 1.807) is 0 Å². The van der Waals surface area contributed by atoms with Gasteiger partial charge >= 0.3 is 5.97 Å². The molecule has 0 bridgehead atoms. The van der Waals surface area contributed by atoms with Crippen molar-refractivity contribution in [2.75, 3.05) is 26.2 Å². The summed E-state index contributed by atoms with van der Waals surface area (Å²) in [6, 6.07) is -7.91. The third kappa shape index (κ3) is 25.2. The first-order valence-electron chi connectivity index (χ1n) is 19.4. The lowest BCUT2D eigenvalue weighted by Crippen LogP contribution is -2.59. The number of amides is 7. The highest BCUT2D eigenvalue weighted by Crippen LogP contribution is 2.09. The Kier molecular flexibility index (Phi) is 27.3. The average molecular weight is 843 g/mol. The summed E-state index contributed by atoms with van der Waals surface area (Å²) in [5.41, 5.74) is 49.2. The molecule has 7 amide bonds. The second-order valence-electron chi connectivity index (χ2n) is 13.7. The zero-order chi connectivity index (χ0) is 44.9. The lowest BCUT2D eigenvalue weighted by atomic mass is 10.0. The highest BCUT2D eigenvalue weighted by molar-refractivity contribution is 5.96. The number of hydrogen-bond acceptors (Lipinski definition) is 13. The van der Waals surface area contributed by atoms with Crippen LogP contribution in [-0.4, -0.2) is 127 Å². The van der Waals surface area contributed by atoms with Crippen LogP contribution in [0, 0.1) is 0 Å². The SMILES string of the molecule is NCCCCC(NC(=O)C(CCC(N)=O)NC(=O)C(CCCN=C(N)N)NC(=O)C(CCCCN)NC(=O)C(CCCN=C(N)N)NC(=O)C(N)CCC(N)=O)C(=O)O. The number of nitrogens with two attached hydrogens (primary N) is 9. The predicted molar refractivity (Wildman–Crippen MR) is 218 cm³/mol. The maximum atomic E-state index is 13.9. The van der Waals surface area contributed by atoms with E-state index in [1.807, 2.05) is 0 Å². The van der Waals surface area contributed by atoms with E-state index >= 15 is 0 Å². The van der Waals surface area contributed by atoms with Crippen LogP contribution >= 0.6 is 0 Å². The summed E-state index contributed by atoms with van der Waals surface area (Å²) in [6.45, 7) is 0.694. The van der Waals surface area contributed by atoms with Crippen LogP contribution in [0.5, 0.6) is 0 Å². The topological polar surface area (TPSA) is 476 Å². The number of nitrogens with zero attached hydrogens (tertiary/aromatic N) is 2. The summed E-state index contributed by atoms with van der Waals surface area (Å²) in [6.07, 6.45) is 1.06. The molecule has 24 N–H and O–H groups in total. The summed E-state index contributed by atoms with van der Waals surface area (Å²) >= 11 is 0. The molecule has 0 saturated heterocycles. The number of primary amides is 2. The van der Waals surface area contributed by atoms with E-state index < -0.39 is 83.6 Å². The normalized spacial score (nSPS) is 13.8. The van der Waals surface area contributed by atoms with E-state index in [0.29, 0.717) is 32.2 Å². The Morgan fingerprint density at radius 1 is 0.441 bits per heavy atom. The molecule has 6 unspecified atom stereocenters. The van der Waals surface area contributed by atoms with Gasteiger partial charge in [0.15, 0.2) is 11.9 Å². The van der Waals surface area contributed by atoms with E-state index in [2.05, 4.69) is 36.6 Å². The van der Waals surface area contributed by atoms with Gasteiger partial charge in [-0.15, -0.1) is 0 Å². The maximum Gasteiger partial charge on any atom is 0.326 e. The first-order valence-corrected chi connectivity index (χ1v) is 19.4. The number of carbonyl (C=O) groups is 8. The Morgan fingerprint density at radius 3 is 1.12 bits per heavy atom. The molecule has 25 heteroatoms. The Balaban J connectivity index is 6.52. The highest BCUT2D eigenvalue weighted by Gasteiger charge is 2.33. The minimum atomic E-state index is -1.46. The monoisotopic (exact) mass is 843 g/mol. The number of aliphatic imine (C=N–C) groups is 2. The lowest BCUT2D eigenvalue weighted by Gasteiger charge is -2.27. The molecule has 0 aliphatic carbocycles. The Labute approximate surface area is 342 Å². The number of carboxylic acid groups (broad SMARTS) is 1. The maximum absolute atomic E-state index is 13.9. The van der Waals surface area contributed by atoms with Gasteiger partial charge in [0.05, 0.1) is 6.04 Å². The minimum absolute atomic E-state index is 0.00559. The van der Waals surface area contributed by atoms with Crippen molar-refractivity contribution in [3.8, 4) is 0 Å². The molecule has 0 aromatic heterocycles. The van der Waals surface area contributed by atoms with Gasteiger partial charge in [-0.1, -0.05) is 0 Å². The van der Waals surface area contributed by atoms with E-state index in [4.69, 9.17) is 51.6 Å². The molecule has 0 saturated carbocycles. The minimum Gasteiger partial charge on any atom is -0.480 e. The second-order valence-corrected chi connectivity index (χ2v) is 13.7. The van der Waals surface area contributed by atoms with Crippen molar-refractivity contribution in [2.45, 2.75) is 126 Å². The number of carboxylic acids is 1. The van der Waals surface area contributed by atoms with Gasteiger partial charge < -0.3 is 83.3 Å². The summed E-state index contributed by atoms with van der Waals surface area (Å²) < 4.78 is 0. The van der Waals surface area contributed by atoms with Gasteiger partial charge in [0.2, 0.25) is 41.4 Å². The first kappa shape index (κ1) is 53.2. The van der Waals surface area contributed by atoms with Gasteiger partial charge in [-0.05, 0) is 90.1 Å². The van der Waals surface area contributed by atoms with Crippen LogP contribution in [0.4, 0.5) is 0 Å². The summed E-state index contributed by atoms with van der Waals surface area (Å²) in [5.74, 6) is -7.44. The summed E-state index contributed by atoms with van der Waals surface area (Å²) in [4.78, 5) is 110. The van der Waals surface area contributed by atoms with Crippen molar-refractivity contribution >= 4 is 59.2 Å². The third-order valence-corrected chi connectivity index (χ3v) is 8.65. The van der Waals surface area contributed by atoms with Crippen LogP contribution in [0.15, 0.2) is 9.98 Å². The number of carbonyl (C=O) groups excluding carboxylic acids is 7. The molecule has 25 nitrogen and oxygen atoms in total. The van der Waals surface area contributed by atoms with E-state index in [0.717, 1.165) is 0 Å². The van der Waals surface area contributed by atoms with E-state index in [9.17, 15) is 43.5 Å². The summed E-state index contributed by atoms with van der Waals surface area (Å²) in [5, 5.41) is 22.3. The largest absolute Gasteiger partial charge is 0.480 e. The van der Waals surface area contributed by atoms with Gasteiger partial charge in [0.25, 0.3) is 0 Å². The van der Waals surface area contributed by atoms with Crippen molar-refractivity contribution in [3.63, 3.8) is 0 Å². The van der Waals surface area contributed by atoms with Crippen LogP contribution in [0.25, 0.3) is 0 Å². The number of aliphatic carboxylic acids is 1. The van der Waals surface area contributed by atoms with Gasteiger partial charge in [-0.3, -0.25) is 43.5 Å². The number of nitrogens with one attached hydrogen (secondary N) is 5. The van der Waals surface area contributed by atoms with Crippen LogP contribution in [0.3, 0.4) is 0 Å². The van der Waals surface area contributed by atoms with E-state index in [1.165, 1.54) is 0 Å². The number of guanidine groups is 2. The molecule has 6 atom stereocenters. The Bertz CT molecular complexity index is 1440. The molecule has 336 valence electrons. The van der Waals surface area contributed by atoms with Crippen molar-refractivity contribution in [1.29, 1.82) is 0 Å². The molecule has 0 rings (SSSR count). The van der Waals surface area contributed by atoms with Gasteiger partial charge in [0, 0.05) is 25.9 Å². The van der Waals surface area contributed by atoms with Gasteiger partial charge in [-0.2, -0.15) is 0 Å². The van der Waals surface area contributed by atoms with Gasteiger partial charge in [0.1, 0.15) is 30.2 Å². The molecule has 0 spiro atoms. The zero-order valence-electron chi connectivity index (χ0n) is 33.5. The molecular weight excluding hydrogens is 776 g/mol. The second kappa shape index (κ2) is 30.3. The van der Waals surface area contributed by atoms with Crippen LogP contribution < -0.4 is 78.2 Å².